The van der Waals surface area contributed by atoms with E-state index in [-0.39, 0.29) is 18.5 Å². The molecule has 1 heterocycles. The lowest BCUT2D eigenvalue weighted by molar-refractivity contribution is -0.141. The average Bonchev–Trinajstić information content (AvgIpc) is 2.23. The van der Waals surface area contributed by atoms with Crippen LogP contribution in [0.3, 0.4) is 0 Å². The van der Waals surface area contributed by atoms with Crippen LogP contribution in [0.2, 0.25) is 0 Å². The number of hydrogen-bond acceptors (Lipinski definition) is 4. The van der Waals surface area contributed by atoms with Gasteiger partial charge in [0.25, 0.3) is 5.56 Å². The molecule has 1 rings (SSSR count). The molecule has 18 heavy (non-hydrogen) atoms. The van der Waals surface area contributed by atoms with Crippen molar-refractivity contribution in [3.05, 3.63) is 32.6 Å². The Bertz CT molecular complexity index is 531. The molecule has 8 heteroatoms. The van der Waals surface area contributed by atoms with Crippen LogP contribution < -0.4 is 16.6 Å². The molecular weight excluding hydrogens is 242 g/mol. The van der Waals surface area contributed by atoms with Gasteiger partial charge in [-0.3, -0.25) is 14.6 Å². The monoisotopic (exact) mass is 255 g/mol. The number of carboxylic acid groups (broad SMARTS) is 1. The largest absolute Gasteiger partial charge is 0.480 e. The van der Waals surface area contributed by atoms with Crippen LogP contribution in [0.15, 0.2) is 15.7 Å². The van der Waals surface area contributed by atoms with Crippen molar-refractivity contribution in [2.45, 2.75) is 25.8 Å². The molecule has 1 aromatic heterocycles. The summed E-state index contributed by atoms with van der Waals surface area (Å²) < 4.78 is 0. The van der Waals surface area contributed by atoms with E-state index in [4.69, 9.17) is 5.11 Å². The smallest absolute Gasteiger partial charge is 0.326 e. The zero-order chi connectivity index (χ0) is 13.7. The van der Waals surface area contributed by atoms with Crippen molar-refractivity contribution in [2.24, 2.45) is 0 Å². The molecule has 1 atom stereocenters. The highest BCUT2D eigenvalue weighted by molar-refractivity contribution is 5.84. The minimum absolute atomic E-state index is 0.126. The van der Waals surface area contributed by atoms with Crippen molar-refractivity contribution in [2.75, 3.05) is 0 Å². The standard InChI is InChI=1S/C10H13N3O5/c1-2-6(9(16)17)12-7(14)3-5-4-8(15)13-10(18)11-5/h4,6H,2-3H2,1H3,(H,12,14)(H,16,17)(H2,11,13,15,18)/t6-/m0/s1. The maximum Gasteiger partial charge on any atom is 0.326 e. The second kappa shape index (κ2) is 5.80. The average molecular weight is 255 g/mol. The molecule has 0 unspecified atom stereocenters. The highest BCUT2D eigenvalue weighted by Gasteiger charge is 2.17. The van der Waals surface area contributed by atoms with Gasteiger partial charge in [0.2, 0.25) is 5.91 Å². The summed E-state index contributed by atoms with van der Waals surface area (Å²) in [7, 11) is 0. The van der Waals surface area contributed by atoms with Gasteiger partial charge < -0.3 is 15.4 Å². The molecule has 1 aromatic rings. The number of rotatable bonds is 5. The first-order chi connectivity index (χ1) is 8.42. The second-order valence-electron chi connectivity index (χ2n) is 3.66. The Hall–Kier alpha value is -2.38. The molecule has 4 N–H and O–H groups in total. The Morgan fingerprint density at radius 2 is 2.06 bits per heavy atom. The number of H-pyrrole nitrogens is 2. The van der Waals surface area contributed by atoms with Crippen LogP contribution in [0.5, 0.6) is 0 Å². The van der Waals surface area contributed by atoms with Gasteiger partial charge >= 0.3 is 11.7 Å². The molecule has 0 spiro atoms. The van der Waals surface area contributed by atoms with E-state index in [9.17, 15) is 19.2 Å². The first-order valence-corrected chi connectivity index (χ1v) is 5.27. The van der Waals surface area contributed by atoms with Crippen LogP contribution in [0.25, 0.3) is 0 Å². The van der Waals surface area contributed by atoms with E-state index in [0.717, 1.165) is 6.07 Å². The van der Waals surface area contributed by atoms with E-state index in [2.05, 4.69) is 10.3 Å². The van der Waals surface area contributed by atoms with Crippen LogP contribution in [0.1, 0.15) is 19.0 Å². The number of hydrogen-bond donors (Lipinski definition) is 4. The first-order valence-electron chi connectivity index (χ1n) is 5.27. The molecule has 98 valence electrons. The van der Waals surface area contributed by atoms with Gasteiger partial charge in [-0.25, -0.2) is 9.59 Å². The number of carbonyl (C=O) groups excluding carboxylic acids is 1. The molecule has 0 saturated carbocycles. The lowest BCUT2D eigenvalue weighted by Gasteiger charge is -2.11. The highest BCUT2D eigenvalue weighted by atomic mass is 16.4. The van der Waals surface area contributed by atoms with Crippen LogP contribution in [0.4, 0.5) is 0 Å². The number of nitrogens with one attached hydrogen (secondary N) is 3. The molecule has 0 fully saturated rings. The van der Waals surface area contributed by atoms with Crippen LogP contribution in [-0.4, -0.2) is 33.0 Å². The second-order valence-corrected chi connectivity index (χ2v) is 3.66. The van der Waals surface area contributed by atoms with Gasteiger partial charge in [-0.2, -0.15) is 0 Å². The van der Waals surface area contributed by atoms with Crippen LogP contribution >= 0.6 is 0 Å². The molecule has 0 aliphatic rings. The Labute approximate surface area is 101 Å². The summed E-state index contributed by atoms with van der Waals surface area (Å²) in [5.74, 6) is -1.71. The van der Waals surface area contributed by atoms with Gasteiger partial charge in [-0.05, 0) is 6.42 Å². The van der Waals surface area contributed by atoms with E-state index in [0.29, 0.717) is 0 Å². The summed E-state index contributed by atoms with van der Waals surface area (Å²) in [5, 5.41) is 11.0. The lowest BCUT2D eigenvalue weighted by atomic mass is 10.2. The van der Waals surface area contributed by atoms with Gasteiger partial charge in [-0.15, -0.1) is 0 Å². The first kappa shape index (κ1) is 13.7. The summed E-state index contributed by atoms with van der Waals surface area (Å²) in [6, 6.07) is 0.0918. The van der Waals surface area contributed by atoms with E-state index in [1.165, 1.54) is 0 Å². The fourth-order valence-corrected chi connectivity index (χ4v) is 1.37. The van der Waals surface area contributed by atoms with Gasteiger partial charge in [0, 0.05) is 11.8 Å². The summed E-state index contributed by atoms with van der Waals surface area (Å²) in [4.78, 5) is 48.4. The van der Waals surface area contributed by atoms with E-state index < -0.39 is 29.2 Å². The summed E-state index contributed by atoms with van der Waals surface area (Å²) >= 11 is 0. The zero-order valence-electron chi connectivity index (χ0n) is 9.65. The van der Waals surface area contributed by atoms with Crippen molar-refractivity contribution >= 4 is 11.9 Å². The zero-order valence-corrected chi connectivity index (χ0v) is 9.65. The molecule has 0 aliphatic carbocycles. The third-order valence-electron chi connectivity index (χ3n) is 2.21. The lowest BCUT2D eigenvalue weighted by Crippen LogP contribution is -2.41. The third kappa shape index (κ3) is 3.89. The Kier molecular flexibility index (Phi) is 4.41. The minimum Gasteiger partial charge on any atom is -0.480 e. The molecule has 0 aliphatic heterocycles. The predicted octanol–water partition coefficient (Wildman–Crippen LogP) is -1.41. The quantitative estimate of drug-likeness (QED) is 0.513. The van der Waals surface area contributed by atoms with Crippen molar-refractivity contribution in [3.8, 4) is 0 Å². The van der Waals surface area contributed by atoms with Gasteiger partial charge in [-0.1, -0.05) is 6.92 Å². The molecule has 0 aromatic carbocycles. The number of carboxylic acids is 1. The fraction of sp³-hybridized carbons (Fsp3) is 0.400. The number of aromatic amines is 2. The maximum atomic E-state index is 11.5. The van der Waals surface area contributed by atoms with E-state index >= 15 is 0 Å². The fourth-order valence-electron chi connectivity index (χ4n) is 1.37. The van der Waals surface area contributed by atoms with Crippen molar-refractivity contribution in [3.63, 3.8) is 0 Å². The van der Waals surface area contributed by atoms with Crippen molar-refractivity contribution < 1.29 is 14.7 Å². The molecule has 0 radical (unpaired) electrons. The van der Waals surface area contributed by atoms with Crippen molar-refractivity contribution in [1.82, 2.24) is 15.3 Å². The Morgan fingerprint density at radius 3 is 2.56 bits per heavy atom. The summed E-state index contributed by atoms with van der Waals surface area (Å²) in [5.41, 5.74) is -1.20. The molecule has 0 saturated heterocycles. The number of aliphatic carboxylic acids is 1. The Morgan fingerprint density at radius 1 is 1.39 bits per heavy atom. The van der Waals surface area contributed by atoms with Crippen molar-refractivity contribution in [1.29, 1.82) is 0 Å². The van der Waals surface area contributed by atoms with Crippen LogP contribution in [0, 0.1) is 0 Å². The highest BCUT2D eigenvalue weighted by Crippen LogP contribution is 1.94. The van der Waals surface area contributed by atoms with E-state index in [1.54, 1.807) is 6.92 Å². The number of aromatic nitrogens is 2. The summed E-state index contributed by atoms with van der Waals surface area (Å²) in [6.07, 6.45) is -0.0180. The number of amides is 1. The van der Waals surface area contributed by atoms with Crippen LogP contribution in [-0.2, 0) is 16.0 Å². The molecule has 0 bridgehead atoms. The Balaban J connectivity index is 2.73. The SMILES string of the molecule is CC[C@H](NC(=O)Cc1cc(=O)[nH]c(=O)[nH]1)C(=O)O. The van der Waals surface area contributed by atoms with Gasteiger partial charge in [0.1, 0.15) is 6.04 Å². The third-order valence-corrected chi connectivity index (χ3v) is 2.21. The normalized spacial score (nSPS) is 11.8. The molecule has 1 amide bonds. The topological polar surface area (TPSA) is 132 Å². The van der Waals surface area contributed by atoms with Gasteiger partial charge in [0.05, 0.1) is 6.42 Å². The minimum atomic E-state index is -1.13. The number of carbonyl (C=O) groups is 2. The predicted molar refractivity (Wildman–Crippen MR) is 61.2 cm³/mol. The molecule has 8 nitrogen and oxygen atoms in total. The van der Waals surface area contributed by atoms with E-state index in [1.807, 2.05) is 4.98 Å². The van der Waals surface area contributed by atoms with Gasteiger partial charge in [0.15, 0.2) is 0 Å². The molecular formula is C10H13N3O5. The summed E-state index contributed by atoms with van der Waals surface area (Å²) in [6.45, 7) is 1.62. The maximum absolute atomic E-state index is 11.5.